The second kappa shape index (κ2) is 8.17. The van der Waals surface area contributed by atoms with Gasteiger partial charge in [0.2, 0.25) is 0 Å². The number of anilines is 1. The summed E-state index contributed by atoms with van der Waals surface area (Å²) in [6.45, 7) is 1.46. The van der Waals surface area contributed by atoms with Gasteiger partial charge in [0.25, 0.3) is 0 Å². The molecule has 6 rings (SSSR count). The van der Waals surface area contributed by atoms with E-state index in [1.165, 1.54) is 16.7 Å². The number of amides is 2. The van der Waals surface area contributed by atoms with E-state index in [1.807, 2.05) is 41.3 Å². The average Bonchev–Trinajstić information content (AvgIpc) is 2.80. The molecule has 150 valence electrons. The number of piperidine rings is 1. The molecule has 3 saturated heterocycles. The standard InChI is InChI=1S/C26H25N3O/c30-26(27-22-9-5-2-6-10-22)29-17-23-25(24(18-29)28-23)21-15-13-20(14-16-21)12-11-19-7-3-1-4-8-19/h1-16,23-25,28H,17-18H2,(H,27,30)/b12-11+/t23-,24+,25?. The van der Waals surface area contributed by atoms with Gasteiger partial charge in [-0.25, -0.2) is 4.79 Å². The molecule has 3 heterocycles. The van der Waals surface area contributed by atoms with Crippen LogP contribution in [0.15, 0.2) is 84.9 Å². The Balaban J connectivity index is 1.20. The van der Waals surface area contributed by atoms with Crippen molar-refractivity contribution >= 4 is 23.9 Å². The van der Waals surface area contributed by atoms with Crippen LogP contribution in [0.4, 0.5) is 10.5 Å². The van der Waals surface area contributed by atoms with Crippen LogP contribution in [0.25, 0.3) is 12.2 Å². The first-order chi connectivity index (χ1) is 14.8. The molecule has 3 aliphatic heterocycles. The minimum absolute atomic E-state index is 0.0162. The van der Waals surface area contributed by atoms with Gasteiger partial charge in [-0.2, -0.15) is 0 Å². The predicted octanol–water partition coefficient (Wildman–Crippen LogP) is 4.83. The van der Waals surface area contributed by atoms with Crippen molar-refractivity contribution in [1.29, 1.82) is 0 Å². The van der Waals surface area contributed by atoms with Crippen molar-refractivity contribution in [2.45, 2.75) is 18.0 Å². The Morgan fingerprint density at radius 2 is 1.37 bits per heavy atom. The monoisotopic (exact) mass is 395 g/mol. The fraction of sp³-hybridized carbons (Fsp3) is 0.192. The molecule has 3 fully saturated rings. The van der Waals surface area contributed by atoms with Crippen LogP contribution >= 0.6 is 0 Å². The molecule has 30 heavy (non-hydrogen) atoms. The molecule has 3 atom stereocenters. The van der Waals surface area contributed by atoms with E-state index >= 15 is 0 Å². The van der Waals surface area contributed by atoms with Crippen molar-refractivity contribution in [2.75, 3.05) is 18.4 Å². The van der Waals surface area contributed by atoms with Crippen LogP contribution in [0.5, 0.6) is 0 Å². The van der Waals surface area contributed by atoms with Crippen LogP contribution in [-0.2, 0) is 0 Å². The summed E-state index contributed by atoms with van der Waals surface area (Å²) in [5.41, 5.74) is 4.59. The zero-order chi connectivity index (χ0) is 20.3. The highest BCUT2D eigenvalue weighted by molar-refractivity contribution is 5.89. The summed E-state index contributed by atoms with van der Waals surface area (Å²) in [7, 11) is 0. The lowest BCUT2D eigenvalue weighted by molar-refractivity contribution is 0.0759. The van der Waals surface area contributed by atoms with Gasteiger partial charge in [-0.05, 0) is 28.8 Å². The maximum Gasteiger partial charge on any atom is 0.321 e. The van der Waals surface area contributed by atoms with E-state index in [0.717, 1.165) is 18.8 Å². The first kappa shape index (κ1) is 18.6. The number of rotatable bonds is 4. The number of hydrogen-bond donors (Lipinski definition) is 2. The second-order valence-corrected chi connectivity index (χ2v) is 8.02. The number of nitrogens with zero attached hydrogens (tertiary/aromatic N) is 1. The molecule has 2 N–H and O–H groups in total. The van der Waals surface area contributed by atoms with E-state index in [-0.39, 0.29) is 6.03 Å². The van der Waals surface area contributed by atoms with Crippen LogP contribution in [0, 0.1) is 0 Å². The third-order valence-corrected chi connectivity index (χ3v) is 6.03. The van der Waals surface area contributed by atoms with Crippen LogP contribution < -0.4 is 10.6 Å². The Hall–Kier alpha value is -3.37. The molecule has 1 unspecified atom stereocenters. The number of hydrogen-bond acceptors (Lipinski definition) is 2. The fourth-order valence-corrected chi connectivity index (χ4v) is 4.47. The number of benzene rings is 3. The minimum atomic E-state index is -0.0162. The molecule has 3 aromatic carbocycles. The zero-order valence-electron chi connectivity index (χ0n) is 16.7. The van der Waals surface area contributed by atoms with Gasteiger partial charge in [-0.3, -0.25) is 0 Å². The highest BCUT2D eigenvalue weighted by atomic mass is 16.2. The van der Waals surface area contributed by atoms with Crippen LogP contribution in [0.1, 0.15) is 22.6 Å². The smallest absolute Gasteiger partial charge is 0.321 e. The summed E-state index contributed by atoms with van der Waals surface area (Å²) in [5, 5.41) is 6.60. The number of nitrogens with one attached hydrogen (secondary N) is 2. The maximum absolute atomic E-state index is 12.6. The molecule has 3 aromatic rings. The zero-order valence-corrected chi connectivity index (χ0v) is 16.7. The Morgan fingerprint density at radius 1 is 0.800 bits per heavy atom. The molecule has 4 heteroatoms. The second-order valence-electron chi connectivity index (χ2n) is 8.02. The number of fused-ring (bicyclic) bond motifs is 2. The van der Waals surface area contributed by atoms with Gasteiger partial charge in [-0.1, -0.05) is 84.9 Å². The Bertz CT molecular complexity index is 1020. The summed E-state index contributed by atoms with van der Waals surface area (Å²) in [4.78, 5) is 14.5. The number of urea groups is 1. The summed E-state index contributed by atoms with van der Waals surface area (Å²) in [6, 6.07) is 29.4. The first-order valence-electron chi connectivity index (χ1n) is 10.5. The van der Waals surface area contributed by atoms with Gasteiger partial charge in [-0.15, -0.1) is 0 Å². The SMILES string of the molecule is O=C(Nc1ccccc1)N1C[C@@H]2N[C@H](C1)C2c1ccc(/C=C/c2ccccc2)cc1. The third-order valence-electron chi connectivity index (χ3n) is 6.03. The van der Waals surface area contributed by atoms with Crippen LogP contribution in [-0.4, -0.2) is 36.1 Å². The van der Waals surface area contributed by atoms with Crippen LogP contribution in [0.3, 0.4) is 0 Å². The normalized spacial score (nSPS) is 22.5. The van der Waals surface area contributed by atoms with Crippen molar-refractivity contribution in [3.05, 3.63) is 102 Å². The molecular weight excluding hydrogens is 370 g/mol. The lowest BCUT2D eigenvalue weighted by Gasteiger charge is -2.54. The molecule has 0 radical (unpaired) electrons. The lowest BCUT2D eigenvalue weighted by atomic mass is 9.74. The van der Waals surface area contributed by atoms with Gasteiger partial charge >= 0.3 is 6.03 Å². The quantitative estimate of drug-likeness (QED) is 0.622. The molecule has 0 spiro atoms. The summed E-state index contributed by atoms with van der Waals surface area (Å²) >= 11 is 0. The highest BCUT2D eigenvalue weighted by Gasteiger charge is 2.48. The third kappa shape index (κ3) is 3.87. The van der Waals surface area contributed by atoms with Gasteiger partial charge in [0.05, 0.1) is 0 Å². The fourth-order valence-electron chi connectivity index (χ4n) is 4.47. The largest absolute Gasteiger partial charge is 0.321 e. The molecule has 2 bridgehead atoms. The molecular formula is C26H25N3O. The van der Waals surface area contributed by atoms with Crippen LogP contribution in [0.2, 0.25) is 0 Å². The van der Waals surface area contributed by atoms with Crippen molar-refractivity contribution in [3.63, 3.8) is 0 Å². The summed E-state index contributed by atoms with van der Waals surface area (Å²) in [5.74, 6) is 0.470. The van der Waals surface area contributed by atoms with Gasteiger partial charge in [0, 0.05) is 36.8 Å². The molecule has 0 aliphatic carbocycles. The number of carbonyl (C=O) groups is 1. The average molecular weight is 396 g/mol. The Morgan fingerprint density at radius 3 is 2.00 bits per heavy atom. The molecule has 2 amide bonds. The highest BCUT2D eigenvalue weighted by Crippen LogP contribution is 2.37. The van der Waals surface area contributed by atoms with E-state index in [2.05, 4.69) is 71.3 Å². The summed E-state index contributed by atoms with van der Waals surface area (Å²) < 4.78 is 0. The van der Waals surface area contributed by atoms with Crippen molar-refractivity contribution in [1.82, 2.24) is 10.2 Å². The van der Waals surface area contributed by atoms with E-state index in [4.69, 9.17) is 0 Å². The summed E-state index contributed by atoms with van der Waals surface area (Å²) in [6.07, 6.45) is 4.28. The molecule has 4 nitrogen and oxygen atoms in total. The Kier molecular flexibility index (Phi) is 5.08. The molecule has 0 aromatic heterocycles. The van der Waals surface area contributed by atoms with Crippen molar-refractivity contribution < 1.29 is 4.79 Å². The van der Waals surface area contributed by atoms with Crippen molar-refractivity contribution in [2.24, 2.45) is 0 Å². The van der Waals surface area contributed by atoms with Gasteiger partial charge < -0.3 is 15.5 Å². The number of para-hydroxylation sites is 1. The number of carbonyl (C=O) groups excluding carboxylic acids is 1. The predicted molar refractivity (Wildman–Crippen MR) is 122 cm³/mol. The van der Waals surface area contributed by atoms with E-state index in [1.54, 1.807) is 0 Å². The Labute approximate surface area is 177 Å². The van der Waals surface area contributed by atoms with Gasteiger partial charge in [0.15, 0.2) is 0 Å². The topological polar surface area (TPSA) is 44.4 Å². The maximum atomic E-state index is 12.6. The molecule has 0 saturated carbocycles. The van der Waals surface area contributed by atoms with E-state index < -0.39 is 0 Å². The molecule has 3 aliphatic rings. The van der Waals surface area contributed by atoms with E-state index in [9.17, 15) is 4.79 Å². The number of piperazine rings is 1. The first-order valence-corrected chi connectivity index (χ1v) is 10.5. The van der Waals surface area contributed by atoms with Crippen molar-refractivity contribution in [3.8, 4) is 0 Å². The van der Waals surface area contributed by atoms with E-state index in [0.29, 0.717) is 18.0 Å². The minimum Gasteiger partial charge on any atom is -0.321 e. The van der Waals surface area contributed by atoms with Gasteiger partial charge in [0.1, 0.15) is 0 Å². The lowest BCUT2D eigenvalue weighted by Crippen LogP contribution is -2.72.